The molecule has 1 aliphatic heterocycles. The summed E-state index contributed by atoms with van der Waals surface area (Å²) in [5, 5.41) is 6.71. The summed E-state index contributed by atoms with van der Waals surface area (Å²) in [5.41, 5.74) is 1.11. The molecule has 4 heteroatoms. The molecule has 38 heavy (non-hydrogen) atoms. The van der Waals surface area contributed by atoms with E-state index in [9.17, 15) is 0 Å². The predicted molar refractivity (Wildman–Crippen MR) is 165 cm³/mol. The van der Waals surface area contributed by atoms with Gasteiger partial charge >= 0.3 is 0 Å². The molecule has 1 aliphatic rings. The van der Waals surface area contributed by atoms with E-state index in [1.54, 1.807) is 0 Å². The second-order valence-electron chi connectivity index (χ2n) is 9.20. The first kappa shape index (κ1) is 24.7. The van der Waals surface area contributed by atoms with Crippen molar-refractivity contribution in [2.45, 2.75) is 6.04 Å². The molecule has 0 saturated carbocycles. The molecule has 0 aliphatic carbocycles. The maximum atomic E-state index is 6.36. The normalized spacial score (nSPS) is 14.9. The number of hydrogen-bond acceptors (Lipinski definition) is 2. The lowest BCUT2D eigenvalue weighted by atomic mass is 10.2. The predicted octanol–water partition coefficient (Wildman–Crippen LogP) is 5.72. The maximum absolute atomic E-state index is 6.36. The summed E-state index contributed by atoms with van der Waals surface area (Å²) < 4.78 is 6.36. The van der Waals surface area contributed by atoms with Gasteiger partial charge in [-0.1, -0.05) is 140 Å². The number of ether oxygens (including phenoxy) is 1. The largest absolute Gasteiger partial charge is 0.475 e. The van der Waals surface area contributed by atoms with Crippen LogP contribution in [-0.4, -0.2) is 24.7 Å². The van der Waals surface area contributed by atoms with Crippen molar-refractivity contribution in [3.8, 4) is 0 Å². The highest BCUT2D eigenvalue weighted by atomic mass is 31.1. The first-order chi connectivity index (χ1) is 18.9. The molecule has 0 N–H and O–H groups in total. The van der Waals surface area contributed by atoms with E-state index in [-0.39, 0.29) is 6.04 Å². The minimum Gasteiger partial charge on any atom is -0.475 e. The van der Waals surface area contributed by atoms with E-state index < -0.39 is 15.8 Å². The van der Waals surface area contributed by atoms with Crippen molar-refractivity contribution in [3.63, 3.8) is 0 Å². The average molecular weight is 530 g/mol. The molecule has 0 fully saturated rings. The van der Waals surface area contributed by atoms with Crippen molar-refractivity contribution >= 4 is 48.3 Å². The third-order valence-electron chi connectivity index (χ3n) is 6.65. The molecule has 0 bridgehead atoms. The number of aliphatic imine (C=N–C) groups is 1. The van der Waals surface area contributed by atoms with Gasteiger partial charge in [0.05, 0.1) is 6.04 Å². The molecule has 186 valence electrons. The van der Waals surface area contributed by atoms with Gasteiger partial charge in [-0.15, -0.1) is 0 Å². The average Bonchev–Trinajstić information content (AvgIpc) is 3.47. The van der Waals surface area contributed by atoms with Gasteiger partial charge < -0.3 is 4.74 Å². The lowest BCUT2D eigenvalue weighted by Crippen LogP contribution is -2.25. The van der Waals surface area contributed by atoms with Gasteiger partial charge in [0.25, 0.3) is 0 Å². The van der Waals surface area contributed by atoms with Crippen molar-refractivity contribution < 1.29 is 4.74 Å². The molecule has 0 saturated heterocycles. The Morgan fingerprint density at radius 3 is 1.53 bits per heavy atom. The van der Waals surface area contributed by atoms with Crippen LogP contribution in [0, 0.1) is 0 Å². The summed E-state index contributed by atoms with van der Waals surface area (Å²) in [7, 11) is -1.27. The van der Waals surface area contributed by atoms with Gasteiger partial charge in [-0.25, -0.2) is 4.99 Å². The van der Waals surface area contributed by atoms with Gasteiger partial charge in [0.2, 0.25) is 5.90 Å². The number of hydrogen-bond donors (Lipinski definition) is 0. The monoisotopic (exact) mass is 529 g/mol. The van der Waals surface area contributed by atoms with Crippen LogP contribution in [0.25, 0.3) is 0 Å². The lowest BCUT2D eigenvalue weighted by molar-refractivity contribution is 0.325. The zero-order chi connectivity index (χ0) is 25.6. The number of nitrogens with zero attached hydrogens (tertiary/aromatic N) is 1. The molecule has 6 rings (SSSR count). The molecule has 0 unspecified atom stereocenters. The zero-order valence-electron chi connectivity index (χ0n) is 21.1. The second kappa shape index (κ2) is 11.9. The third-order valence-corrected chi connectivity index (χ3v) is 11.8. The van der Waals surface area contributed by atoms with Crippen LogP contribution in [-0.2, 0) is 4.74 Å². The van der Waals surface area contributed by atoms with E-state index in [1.807, 2.05) is 0 Å². The fraction of sp³-hybridized carbons (Fsp3) is 0.0882. The molecular formula is C34H29NOP2. The quantitative estimate of drug-likeness (QED) is 0.236. The van der Waals surface area contributed by atoms with Gasteiger partial charge in [0.15, 0.2) is 0 Å². The number of rotatable bonds is 8. The Bertz CT molecular complexity index is 1410. The van der Waals surface area contributed by atoms with Crippen LogP contribution in [0.4, 0.5) is 0 Å². The molecule has 1 heterocycles. The van der Waals surface area contributed by atoms with Crippen molar-refractivity contribution in [2.24, 2.45) is 4.99 Å². The zero-order valence-corrected chi connectivity index (χ0v) is 22.9. The molecule has 0 radical (unpaired) electrons. The minimum atomic E-state index is -0.743. The van der Waals surface area contributed by atoms with Crippen LogP contribution >= 0.6 is 15.8 Å². The highest BCUT2D eigenvalue weighted by Crippen LogP contribution is 2.37. The Balaban J connectivity index is 1.35. The van der Waals surface area contributed by atoms with E-state index in [1.165, 1.54) is 26.5 Å². The fourth-order valence-electron chi connectivity index (χ4n) is 4.87. The molecule has 1 atom stereocenters. The van der Waals surface area contributed by atoms with Crippen molar-refractivity contribution in [1.29, 1.82) is 0 Å². The standard InChI is InChI=1S/C34H29NOP2/c1-5-15-28(16-6-1)37(29-17-7-2-8-18-29)26-27-25-36-34(35-27)32-23-13-14-24-33(32)38(30-19-9-3-10-20-30)31-21-11-4-12-22-31/h1-24,27H,25-26H2/t27-/m1/s1. The van der Waals surface area contributed by atoms with Crippen molar-refractivity contribution in [1.82, 2.24) is 0 Å². The van der Waals surface area contributed by atoms with Crippen LogP contribution in [0.2, 0.25) is 0 Å². The summed E-state index contributed by atoms with van der Waals surface area (Å²) >= 11 is 0. The molecule has 0 spiro atoms. The molecule has 5 aromatic rings. The van der Waals surface area contributed by atoms with Gasteiger partial charge in [0, 0.05) is 11.7 Å². The smallest absolute Gasteiger partial charge is 0.217 e. The maximum Gasteiger partial charge on any atom is 0.217 e. The topological polar surface area (TPSA) is 21.6 Å². The van der Waals surface area contributed by atoms with Crippen molar-refractivity contribution in [2.75, 3.05) is 12.8 Å². The minimum absolute atomic E-state index is 0.129. The van der Waals surface area contributed by atoms with Gasteiger partial charge in [0.1, 0.15) is 6.61 Å². The number of benzene rings is 5. The summed E-state index contributed by atoms with van der Waals surface area (Å²) in [4.78, 5) is 5.20. The van der Waals surface area contributed by atoms with Gasteiger partial charge in [-0.2, -0.15) is 0 Å². The van der Waals surface area contributed by atoms with E-state index in [0.717, 1.165) is 17.6 Å². The van der Waals surface area contributed by atoms with E-state index in [4.69, 9.17) is 9.73 Å². The Hall–Kier alpha value is -3.57. The van der Waals surface area contributed by atoms with E-state index in [2.05, 4.69) is 146 Å². The van der Waals surface area contributed by atoms with Crippen LogP contribution in [0.5, 0.6) is 0 Å². The highest BCUT2D eigenvalue weighted by Gasteiger charge is 2.28. The summed E-state index contributed by atoms with van der Waals surface area (Å²) in [6.45, 7) is 0.622. The third kappa shape index (κ3) is 5.48. The molecule has 0 amide bonds. The van der Waals surface area contributed by atoms with Crippen LogP contribution in [0.1, 0.15) is 5.56 Å². The summed E-state index contributed by atoms with van der Waals surface area (Å²) in [6, 6.07) is 52.2. The van der Waals surface area contributed by atoms with E-state index in [0.29, 0.717) is 6.61 Å². The Morgan fingerprint density at radius 1 is 0.553 bits per heavy atom. The SMILES string of the molecule is c1ccc(P(C[C@H]2COC(c3ccccc3P(c3ccccc3)c3ccccc3)=N2)c2ccccc2)cc1. The molecular weight excluding hydrogens is 500 g/mol. The fourth-order valence-corrected chi connectivity index (χ4v) is 9.71. The lowest BCUT2D eigenvalue weighted by Gasteiger charge is -2.22. The van der Waals surface area contributed by atoms with E-state index >= 15 is 0 Å². The van der Waals surface area contributed by atoms with Crippen molar-refractivity contribution in [3.05, 3.63) is 151 Å². The van der Waals surface area contributed by atoms with Crippen LogP contribution in [0.3, 0.4) is 0 Å². The Kier molecular flexibility index (Phi) is 7.73. The molecule has 0 aromatic heterocycles. The Morgan fingerprint density at radius 2 is 1.00 bits per heavy atom. The second-order valence-corrected chi connectivity index (χ2v) is 13.6. The Labute approximate surface area is 227 Å². The van der Waals surface area contributed by atoms with Crippen LogP contribution < -0.4 is 26.5 Å². The summed E-state index contributed by atoms with van der Waals surface area (Å²) in [5.74, 6) is 0.779. The molecule has 2 nitrogen and oxygen atoms in total. The first-order valence-electron chi connectivity index (χ1n) is 12.9. The first-order valence-corrected chi connectivity index (χ1v) is 15.8. The summed E-state index contributed by atoms with van der Waals surface area (Å²) in [6.07, 6.45) is 0.973. The molecule has 5 aromatic carbocycles. The van der Waals surface area contributed by atoms with Gasteiger partial charge in [-0.05, 0) is 48.4 Å². The van der Waals surface area contributed by atoms with Crippen LogP contribution in [0.15, 0.2) is 151 Å². The highest BCUT2D eigenvalue weighted by molar-refractivity contribution is 7.80. The van der Waals surface area contributed by atoms with Gasteiger partial charge in [-0.3, -0.25) is 0 Å².